The van der Waals surface area contributed by atoms with E-state index in [1.165, 1.54) is 10.5 Å². The monoisotopic (exact) mass is 288 g/mol. The molecule has 0 spiro atoms. The molecule has 0 aliphatic rings. The summed E-state index contributed by atoms with van der Waals surface area (Å²) in [6.45, 7) is 3.92. The van der Waals surface area contributed by atoms with Gasteiger partial charge in [0.15, 0.2) is 0 Å². The first-order valence-corrected chi connectivity index (χ1v) is 6.85. The van der Waals surface area contributed by atoms with Gasteiger partial charge in [0.05, 0.1) is 6.54 Å². The van der Waals surface area contributed by atoms with Gasteiger partial charge in [-0.1, -0.05) is 24.3 Å². The summed E-state index contributed by atoms with van der Waals surface area (Å²) in [5, 5.41) is 3.07. The Morgan fingerprint density at radius 1 is 1.10 bits per heavy atom. The molecule has 1 N–H and O–H groups in total. The third kappa shape index (κ3) is 6.39. The first-order valence-electron chi connectivity index (χ1n) is 6.85. The molecule has 0 fully saturated rings. The van der Waals surface area contributed by atoms with E-state index >= 15 is 0 Å². The van der Waals surface area contributed by atoms with Crippen molar-refractivity contribution in [3.63, 3.8) is 0 Å². The molecule has 0 aliphatic carbocycles. The van der Waals surface area contributed by atoms with Crippen LogP contribution in [-0.4, -0.2) is 37.3 Å². The van der Waals surface area contributed by atoms with Crippen molar-refractivity contribution >= 4 is 0 Å². The van der Waals surface area contributed by atoms with E-state index in [1.54, 1.807) is 13.8 Å². The van der Waals surface area contributed by atoms with Crippen molar-refractivity contribution in [2.75, 3.05) is 20.1 Å². The molecule has 1 rings (SSSR count). The second-order valence-electron chi connectivity index (χ2n) is 5.28. The molecule has 5 heteroatoms. The number of halogens is 3. The van der Waals surface area contributed by atoms with Gasteiger partial charge in [-0.15, -0.1) is 0 Å². The Morgan fingerprint density at radius 2 is 1.65 bits per heavy atom. The number of rotatable bonds is 7. The highest BCUT2D eigenvalue weighted by Gasteiger charge is 2.31. The lowest BCUT2D eigenvalue weighted by Gasteiger charge is -2.27. The molecule has 0 aliphatic heterocycles. The van der Waals surface area contributed by atoms with E-state index in [0.29, 0.717) is 6.54 Å². The molecule has 0 amide bonds. The summed E-state index contributed by atoms with van der Waals surface area (Å²) >= 11 is 0. The van der Waals surface area contributed by atoms with Gasteiger partial charge in [-0.2, -0.15) is 13.2 Å². The zero-order valence-electron chi connectivity index (χ0n) is 12.3. The molecule has 2 nitrogen and oxygen atoms in total. The van der Waals surface area contributed by atoms with Crippen molar-refractivity contribution in [3.05, 3.63) is 35.4 Å². The van der Waals surface area contributed by atoms with Gasteiger partial charge < -0.3 is 5.32 Å². The van der Waals surface area contributed by atoms with E-state index in [1.807, 2.05) is 31.3 Å². The second kappa shape index (κ2) is 7.64. The number of nitrogens with zero attached hydrogens (tertiary/aromatic N) is 1. The van der Waals surface area contributed by atoms with Gasteiger partial charge in [0.2, 0.25) is 0 Å². The number of alkyl halides is 3. The summed E-state index contributed by atoms with van der Waals surface area (Å²) in [4.78, 5) is 1.43. The first-order chi connectivity index (χ1) is 9.31. The van der Waals surface area contributed by atoms with Crippen LogP contribution in [0.2, 0.25) is 0 Å². The molecule has 0 radical (unpaired) electrons. The van der Waals surface area contributed by atoms with Gasteiger partial charge in [0.1, 0.15) is 0 Å². The van der Waals surface area contributed by atoms with E-state index < -0.39 is 12.7 Å². The summed E-state index contributed by atoms with van der Waals surface area (Å²) in [6.07, 6.45) is -3.23. The molecule has 1 aromatic rings. The standard InChI is InChI=1S/C15H23F3N2/c1-12(2)20(11-15(16,17)18)10-14-6-4-13(5-7-14)8-9-19-3/h4-7,12,19H,8-11H2,1-3H3. The zero-order chi connectivity index (χ0) is 15.2. The largest absolute Gasteiger partial charge is 0.401 e. The number of hydrogen-bond donors (Lipinski definition) is 1. The van der Waals surface area contributed by atoms with Crippen LogP contribution in [0.15, 0.2) is 24.3 Å². The van der Waals surface area contributed by atoms with Crippen molar-refractivity contribution in [1.29, 1.82) is 0 Å². The Morgan fingerprint density at radius 3 is 2.10 bits per heavy atom. The van der Waals surface area contributed by atoms with E-state index in [9.17, 15) is 13.2 Å². The van der Waals surface area contributed by atoms with Crippen LogP contribution in [0, 0.1) is 0 Å². The lowest BCUT2D eigenvalue weighted by atomic mass is 10.1. The third-order valence-electron chi connectivity index (χ3n) is 3.18. The molecule has 20 heavy (non-hydrogen) atoms. The van der Waals surface area contributed by atoms with Gasteiger partial charge in [-0.25, -0.2) is 0 Å². The Hall–Kier alpha value is -1.07. The van der Waals surface area contributed by atoms with Crippen LogP contribution in [0.25, 0.3) is 0 Å². The predicted molar refractivity (Wildman–Crippen MR) is 75.7 cm³/mol. The fourth-order valence-corrected chi connectivity index (χ4v) is 1.97. The van der Waals surface area contributed by atoms with Crippen molar-refractivity contribution in [3.8, 4) is 0 Å². The highest BCUT2D eigenvalue weighted by molar-refractivity contribution is 5.22. The zero-order valence-corrected chi connectivity index (χ0v) is 12.3. The molecule has 0 heterocycles. The highest BCUT2D eigenvalue weighted by Crippen LogP contribution is 2.20. The minimum absolute atomic E-state index is 0.138. The third-order valence-corrected chi connectivity index (χ3v) is 3.18. The van der Waals surface area contributed by atoms with Crippen molar-refractivity contribution in [1.82, 2.24) is 10.2 Å². The van der Waals surface area contributed by atoms with Crippen LogP contribution in [0.5, 0.6) is 0 Å². The lowest BCUT2D eigenvalue weighted by molar-refractivity contribution is -0.150. The van der Waals surface area contributed by atoms with Crippen LogP contribution >= 0.6 is 0 Å². The molecule has 1 aromatic carbocycles. The average Bonchev–Trinajstić information content (AvgIpc) is 2.35. The number of benzene rings is 1. The maximum Gasteiger partial charge on any atom is 0.401 e. The molecule has 0 aromatic heterocycles. The molecular weight excluding hydrogens is 265 g/mol. The quantitative estimate of drug-likeness (QED) is 0.828. The lowest BCUT2D eigenvalue weighted by Crippen LogP contribution is -2.38. The summed E-state index contributed by atoms with van der Waals surface area (Å²) in [6, 6.07) is 7.66. The van der Waals surface area contributed by atoms with E-state index in [2.05, 4.69) is 5.32 Å². The fourth-order valence-electron chi connectivity index (χ4n) is 1.97. The Balaban J connectivity index is 2.64. The van der Waals surface area contributed by atoms with Crippen LogP contribution in [0.3, 0.4) is 0 Å². The van der Waals surface area contributed by atoms with Crippen LogP contribution < -0.4 is 5.32 Å². The van der Waals surface area contributed by atoms with E-state index in [4.69, 9.17) is 0 Å². The molecule has 0 bridgehead atoms. The topological polar surface area (TPSA) is 15.3 Å². The SMILES string of the molecule is CNCCc1ccc(CN(CC(F)(F)F)C(C)C)cc1. The second-order valence-corrected chi connectivity index (χ2v) is 5.28. The molecule has 0 atom stereocenters. The van der Waals surface area contributed by atoms with Gasteiger partial charge in [0, 0.05) is 12.6 Å². The van der Waals surface area contributed by atoms with Gasteiger partial charge in [0.25, 0.3) is 0 Å². The van der Waals surface area contributed by atoms with Gasteiger partial charge >= 0.3 is 6.18 Å². The number of hydrogen-bond acceptors (Lipinski definition) is 2. The Labute approximate surface area is 119 Å². The summed E-state index contributed by atoms with van der Waals surface area (Å²) in [5.41, 5.74) is 2.10. The maximum atomic E-state index is 12.5. The Bertz CT molecular complexity index is 385. The number of likely N-dealkylation sites (N-methyl/N-ethyl adjacent to an activating group) is 1. The molecular formula is C15H23F3N2. The minimum atomic E-state index is -4.16. The van der Waals surface area contributed by atoms with Gasteiger partial charge in [-0.05, 0) is 45.0 Å². The fraction of sp³-hybridized carbons (Fsp3) is 0.600. The predicted octanol–water partition coefficient (Wildman–Crippen LogP) is 3.22. The van der Waals surface area contributed by atoms with Crippen molar-refractivity contribution in [2.45, 2.75) is 39.0 Å². The Kier molecular flexibility index (Phi) is 6.49. The van der Waals surface area contributed by atoms with Crippen LogP contribution in [0.4, 0.5) is 13.2 Å². The summed E-state index contributed by atoms with van der Waals surface area (Å²) < 4.78 is 37.6. The van der Waals surface area contributed by atoms with Gasteiger partial charge in [-0.3, -0.25) is 4.90 Å². The summed E-state index contributed by atoms with van der Waals surface area (Å²) in [5.74, 6) is 0. The maximum absolute atomic E-state index is 12.5. The summed E-state index contributed by atoms with van der Waals surface area (Å²) in [7, 11) is 1.89. The van der Waals surface area contributed by atoms with E-state index in [-0.39, 0.29) is 6.04 Å². The van der Waals surface area contributed by atoms with Crippen LogP contribution in [0.1, 0.15) is 25.0 Å². The molecule has 0 saturated carbocycles. The normalized spacial score (nSPS) is 12.4. The minimum Gasteiger partial charge on any atom is -0.319 e. The molecule has 0 unspecified atom stereocenters. The average molecular weight is 288 g/mol. The first kappa shape index (κ1) is 17.0. The van der Waals surface area contributed by atoms with Crippen molar-refractivity contribution < 1.29 is 13.2 Å². The molecule has 114 valence electrons. The van der Waals surface area contributed by atoms with Crippen LogP contribution in [-0.2, 0) is 13.0 Å². The smallest absolute Gasteiger partial charge is 0.319 e. The van der Waals surface area contributed by atoms with Crippen molar-refractivity contribution in [2.24, 2.45) is 0 Å². The highest BCUT2D eigenvalue weighted by atomic mass is 19.4. The molecule has 0 saturated heterocycles. The van der Waals surface area contributed by atoms with E-state index in [0.717, 1.165) is 18.5 Å². The number of nitrogens with one attached hydrogen (secondary N) is 1.